The Morgan fingerprint density at radius 2 is 0.852 bits per heavy atom. The number of nitrogens with two attached hydrogens (primary N) is 3. The predicted molar refractivity (Wildman–Crippen MR) is 377 cm³/mol. The molecule has 24 N–H and O–H groups in total. The van der Waals surface area contributed by atoms with E-state index in [1.807, 2.05) is 10.6 Å². The number of carboxylic acid groups (broad SMARTS) is 1. The first kappa shape index (κ1) is 94.8. The average molecular weight is 1580 g/mol. The molecule has 0 fully saturated rings. The van der Waals surface area contributed by atoms with Gasteiger partial charge in [0.05, 0.1) is 25.6 Å². The molecule has 0 aliphatic rings. The standard InChI is InChI=1S/C65H101F4N15O22P2/c1-9-35(6)53(84-58(95)43(76-37(8)85)15-11-13-27-71)60(97)75-30-47(87)77-44(24-25-50(90)91)56(93)73-32-49(89)82-54(36(7)64(66,67)107(101,102)103)63(100)79-45(28-38-16-20-40(21-17-38)65(68,69)108(104,105)106)57(94)74-31-48(88)81-51(33(2)3)62(99)83-52(34(4)5)61(98)80-46(29-39-18-22-41(86)23-19-39)59(96)78-42(55(72)92)14-10-12-26-70/h16-23,33-36,42-46,51-54,86H,9-15,24-32,70-71H2,1-8H3,(H2,72,92)(H,73,93)(H,74,94)(H,75,97)(H,76,85)(H,77,87)(H,78,96)(H,79,100)(H,80,98)(H,81,88)(H,82,89)(H,83,99)(H,84,95)(H,90,91)(H2,101,102,103)(H2,104,105,106)/t35-,36+,42-,43-,44-,45+,46-,51-,52-,53-,54-/m0/s1. The molecule has 606 valence electrons. The van der Waals surface area contributed by atoms with Crippen LogP contribution in [0.25, 0.3) is 0 Å². The fourth-order valence-electron chi connectivity index (χ4n) is 10.4. The lowest BCUT2D eigenvalue weighted by molar-refractivity contribution is -0.138. The Hall–Kier alpha value is -9.24. The van der Waals surface area contributed by atoms with Crippen molar-refractivity contribution >= 4 is 98.0 Å². The largest absolute Gasteiger partial charge is 0.508 e. The molecular formula is C65H101F4N15O22P2. The molecule has 0 heterocycles. The second-order valence-electron chi connectivity index (χ2n) is 26.3. The number of rotatable bonds is 48. The van der Waals surface area contributed by atoms with Gasteiger partial charge in [-0.1, -0.05) is 91.3 Å². The minimum absolute atomic E-state index is 0.0965. The lowest BCUT2D eigenvalue weighted by Gasteiger charge is -2.32. The normalized spacial score (nSPS) is 14.9. The van der Waals surface area contributed by atoms with Crippen LogP contribution in [0.15, 0.2) is 48.5 Å². The zero-order valence-electron chi connectivity index (χ0n) is 60.8. The molecule has 11 atom stereocenters. The van der Waals surface area contributed by atoms with Crippen LogP contribution in [0.3, 0.4) is 0 Å². The van der Waals surface area contributed by atoms with Crippen molar-refractivity contribution in [2.24, 2.45) is 40.9 Å². The van der Waals surface area contributed by atoms with Crippen LogP contribution < -0.4 is 81.0 Å². The molecule has 0 aliphatic carbocycles. The van der Waals surface area contributed by atoms with E-state index in [1.54, 1.807) is 19.2 Å². The average Bonchev–Trinajstić information content (AvgIpc) is 0.792. The highest BCUT2D eigenvalue weighted by Gasteiger charge is 2.57. The van der Waals surface area contributed by atoms with E-state index in [-0.39, 0.29) is 37.1 Å². The van der Waals surface area contributed by atoms with Gasteiger partial charge in [0.1, 0.15) is 60.1 Å². The smallest absolute Gasteiger partial charge is 0.399 e. The van der Waals surface area contributed by atoms with Crippen LogP contribution in [0, 0.1) is 23.7 Å². The number of alkyl halides is 4. The second kappa shape index (κ2) is 44.3. The van der Waals surface area contributed by atoms with Gasteiger partial charge in [-0.25, -0.2) is 0 Å². The van der Waals surface area contributed by atoms with Gasteiger partial charge in [0, 0.05) is 31.7 Å². The van der Waals surface area contributed by atoms with Gasteiger partial charge in [0.2, 0.25) is 76.8 Å². The molecule has 108 heavy (non-hydrogen) atoms. The highest BCUT2D eigenvalue weighted by Crippen LogP contribution is 2.59. The zero-order chi connectivity index (χ0) is 82.4. The van der Waals surface area contributed by atoms with Crippen LogP contribution in [-0.4, -0.2) is 205 Å². The Morgan fingerprint density at radius 1 is 0.463 bits per heavy atom. The summed E-state index contributed by atoms with van der Waals surface area (Å²) in [6.45, 7) is 7.87. The summed E-state index contributed by atoms with van der Waals surface area (Å²) in [5, 5.41) is 46.6. The number of carbonyl (C=O) groups excluding carboxylic acids is 13. The van der Waals surface area contributed by atoms with E-state index in [1.165, 1.54) is 58.9 Å². The minimum Gasteiger partial charge on any atom is -0.508 e. The number of phenols is 1. The van der Waals surface area contributed by atoms with E-state index in [4.69, 9.17) is 17.2 Å². The third-order valence-corrected chi connectivity index (χ3v) is 19.1. The molecule has 0 aromatic heterocycles. The van der Waals surface area contributed by atoms with Gasteiger partial charge in [-0.2, -0.15) is 17.6 Å². The zero-order valence-corrected chi connectivity index (χ0v) is 62.6. The molecule has 0 unspecified atom stereocenters. The monoisotopic (exact) mass is 1580 g/mol. The van der Waals surface area contributed by atoms with E-state index >= 15 is 8.78 Å². The molecule has 13 amide bonds. The Bertz CT molecular complexity index is 3560. The number of phenolic OH excluding ortho intramolecular Hbond substituents is 1. The van der Waals surface area contributed by atoms with Crippen LogP contribution in [0.5, 0.6) is 5.75 Å². The van der Waals surface area contributed by atoms with E-state index in [9.17, 15) is 115 Å². The number of hydrogen-bond donors (Lipinski definition) is 21. The number of benzene rings is 2. The topological polar surface area (TPSA) is 617 Å². The first-order valence-electron chi connectivity index (χ1n) is 34.3. The Labute approximate surface area is 619 Å². The minimum atomic E-state index is -6.63. The summed E-state index contributed by atoms with van der Waals surface area (Å²) in [7, 11) is -12.8. The number of hydrogen-bond acceptors (Lipinski definition) is 19. The number of aliphatic carboxylic acids is 1. The fourth-order valence-corrected chi connectivity index (χ4v) is 11.5. The first-order valence-corrected chi connectivity index (χ1v) is 37.5. The van der Waals surface area contributed by atoms with Gasteiger partial charge in [-0.05, 0) is 99.0 Å². The van der Waals surface area contributed by atoms with Crippen molar-refractivity contribution in [3.8, 4) is 5.75 Å². The molecule has 2 aromatic rings. The van der Waals surface area contributed by atoms with Gasteiger partial charge in [0.25, 0.3) is 0 Å². The Balaban J connectivity index is 2.53. The molecule has 0 saturated heterocycles. The fraction of sp³-hybridized carbons (Fsp3) is 0.600. The molecule has 0 bridgehead atoms. The highest BCUT2D eigenvalue weighted by atomic mass is 31.2. The van der Waals surface area contributed by atoms with Crippen molar-refractivity contribution in [2.45, 2.75) is 192 Å². The Kier molecular flexibility index (Phi) is 38.9. The summed E-state index contributed by atoms with van der Waals surface area (Å²) >= 11 is 0. The van der Waals surface area contributed by atoms with E-state index in [0.29, 0.717) is 63.3 Å². The van der Waals surface area contributed by atoms with Crippen LogP contribution in [-0.2, 0) is 94.8 Å². The predicted octanol–water partition coefficient (Wildman–Crippen LogP) is -2.49. The summed E-state index contributed by atoms with van der Waals surface area (Å²) in [6.07, 6.45) is -0.327. The SMILES string of the molecule is CC[C@H](C)[C@H](NC(=O)[C@H](CCCCN)NC(C)=O)C(=O)NCC(=O)N[C@@H](CCC(=O)O)C(=O)NCC(=O)N[C@H](C(=O)N[C@H](Cc1ccc(C(F)(F)P(=O)(O)O)cc1)C(=O)NCC(=O)N[C@H](C(=O)N[C@H](C(=O)N[C@@H](Cc1ccc(O)cc1)C(=O)N[C@@H](CCCCN)C(N)=O)C(C)C)C(C)C)[C@@H](C)C(F)(F)P(=O)(O)O. The van der Waals surface area contributed by atoms with Crippen molar-refractivity contribution < 1.29 is 124 Å². The number of carboxylic acids is 1. The molecule has 2 aromatic carbocycles. The Morgan fingerprint density at radius 3 is 1.30 bits per heavy atom. The quantitative estimate of drug-likeness (QED) is 0.0185. The number of primary amides is 1. The van der Waals surface area contributed by atoms with Crippen LogP contribution in [0.4, 0.5) is 17.6 Å². The molecule has 0 saturated carbocycles. The number of halogens is 4. The van der Waals surface area contributed by atoms with E-state index in [2.05, 4.69) is 47.9 Å². The molecule has 2 rings (SSSR count). The number of nitrogens with one attached hydrogen (secondary N) is 12. The lowest BCUT2D eigenvalue weighted by Crippen LogP contribution is -2.61. The van der Waals surface area contributed by atoms with E-state index < -0.39 is 232 Å². The summed E-state index contributed by atoms with van der Waals surface area (Å²) in [6, 6.07) is -6.91. The summed E-state index contributed by atoms with van der Waals surface area (Å²) < 4.78 is 85.0. The third-order valence-electron chi connectivity index (χ3n) is 16.9. The second-order valence-corrected chi connectivity index (χ2v) is 29.7. The maximum Gasteiger partial charge on any atom is 0.399 e. The molecule has 0 aliphatic heterocycles. The van der Waals surface area contributed by atoms with Crippen molar-refractivity contribution in [1.82, 2.24) is 63.8 Å². The van der Waals surface area contributed by atoms with Gasteiger partial charge < -0.3 is 111 Å². The van der Waals surface area contributed by atoms with Crippen molar-refractivity contribution in [1.29, 1.82) is 0 Å². The number of unbranched alkanes of at least 4 members (excludes halogenated alkanes) is 2. The maximum absolute atomic E-state index is 15.7. The van der Waals surface area contributed by atoms with Gasteiger partial charge >= 0.3 is 32.5 Å². The van der Waals surface area contributed by atoms with Crippen molar-refractivity contribution in [2.75, 3.05) is 32.7 Å². The highest BCUT2D eigenvalue weighted by molar-refractivity contribution is 7.53. The van der Waals surface area contributed by atoms with Gasteiger partial charge in [-0.15, -0.1) is 0 Å². The third kappa shape index (κ3) is 31.2. The molecular weight excluding hydrogens is 1480 g/mol. The molecule has 0 radical (unpaired) electrons. The maximum atomic E-state index is 15.7. The van der Waals surface area contributed by atoms with Crippen molar-refractivity contribution in [3.05, 3.63) is 65.2 Å². The van der Waals surface area contributed by atoms with Crippen LogP contribution >= 0.6 is 15.2 Å². The summed E-state index contributed by atoms with van der Waals surface area (Å²) in [5.74, 6) is -21.4. The lowest BCUT2D eigenvalue weighted by atomic mass is 9.97. The van der Waals surface area contributed by atoms with Gasteiger partial charge in [-0.3, -0.25) is 76.3 Å². The first-order chi connectivity index (χ1) is 50.1. The van der Waals surface area contributed by atoms with Crippen molar-refractivity contribution in [3.63, 3.8) is 0 Å². The van der Waals surface area contributed by atoms with Crippen LogP contribution in [0.1, 0.15) is 130 Å². The number of amides is 13. The van der Waals surface area contributed by atoms with Crippen LogP contribution in [0.2, 0.25) is 0 Å². The molecule has 37 nitrogen and oxygen atoms in total. The molecule has 0 spiro atoms. The number of carbonyl (C=O) groups is 14. The molecule has 43 heteroatoms. The summed E-state index contributed by atoms with van der Waals surface area (Å²) in [5.41, 5.74) is 5.58. The van der Waals surface area contributed by atoms with Gasteiger partial charge in [0.15, 0.2) is 0 Å². The summed E-state index contributed by atoms with van der Waals surface area (Å²) in [4.78, 5) is 226. The number of aromatic hydroxyl groups is 1. The van der Waals surface area contributed by atoms with E-state index in [0.717, 1.165) is 12.1 Å².